The Morgan fingerprint density at radius 2 is 2.27 bits per heavy atom. The zero-order valence-electron chi connectivity index (χ0n) is 6.17. The average Bonchev–Trinajstić information content (AvgIpc) is 2.05. The van der Waals surface area contributed by atoms with Crippen molar-refractivity contribution in [3.8, 4) is 0 Å². The van der Waals surface area contributed by atoms with Gasteiger partial charge in [-0.05, 0) is 35.4 Å². The van der Waals surface area contributed by atoms with Crippen LogP contribution in [0.25, 0.3) is 0 Å². The van der Waals surface area contributed by atoms with Gasteiger partial charge >= 0.3 is 0 Å². The van der Waals surface area contributed by atoms with E-state index in [1.54, 1.807) is 12.1 Å². The molecule has 1 aromatic carbocycles. The quantitative estimate of drug-likeness (QED) is 0.548. The van der Waals surface area contributed by atoms with Crippen molar-refractivity contribution in [3.63, 3.8) is 0 Å². The third-order valence-electron chi connectivity index (χ3n) is 1.58. The zero-order chi connectivity index (χ0) is 8.27. The largest absolute Gasteiger partial charge is 0.145 e. The lowest BCUT2D eigenvalue weighted by molar-refractivity contribution is 1.30. The molecule has 2 nitrogen and oxygen atoms in total. The summed E-state index contributed by atoms with van der Waals surface area (Å²) in [5.74, 6) is 0. The molecule has 0 atom stereocenters. The molecule has 0 amide bonds. The normalized spacial score (nSPS) is 9.64. The van der Waals surface area contributed by atoms with Crippen molar-refractivity contribution in [1.82, 2.24) is 0 Å². The van der Waals surface area contributed by atoms with E-state index < -0.39 is 0 Å². The molecule has 0 bridgehead atoms. The molecular formula is C8H8BrNO. The highest BCUT2D eigenvalue weighted by Gasteiger charge is 1.97. The van der Waals surface area contributed by atoms with Gasteiger partial charge in [-0.3, -0.25) is 0 Å². The molecular weight excluding hydrogens is 206 g/mol. The van der Waals surface area contributed by atoms with E-state index in [2.05, 4.69) is 21.1 Å². The second-order valence-corrected chi connectivity index (χ2v) is 2.90. The molecule has 0 aliphatic heterocycles. The topological polar surface area (TPSA) is 29.4 Å². The summed E-state index contributed by atoms with van der Waals surface area (Å²) in [6.07, 6.45) is 0. The maximum atomic E-state index is 10.1. The molecule has 0 fully saturated rings. The Morgan fingerprint density at radius 3 is 2.82 bits per heavy atom. The Balaban J connectivity index is 3.12. The standard InChI is InChI=1S/C8H8BrNO/c1-6-2-3-8(10-11)4-7(6)5-9/h2-4H,5H2,1H3. The minimum Gasteiger partial charge on any atom is -0.145 e. The first-order valence-corrected chi connectivity index (χ1v) is 4.39. The molecule has 3 heteroatoms. The molecule has 0 heterocycles. The number of halogens is 1. The summed E-state index contributed by atoms with van der Waals surface area (Å²) in [6, 6.07) is 5.40. The highest BCUT2D eigenvalue weighted by atomic mass is 79.9. The van der Waals surface area contributed by atoms with Gasteiger partial charge in [0.15, 0.2) is 0 Å². The van der Waals surface area contributed by atoms with E-state index >= 15 is 0 Å². The summed E-state index contributed by atoms with van der Waals surface area (Å²) < 4.78 is 0. The number of nitrogens with zero attached hydrogens (tertiary/aromatic N) is 1. The van der Waals surface area contributed by atoms with Crippen LogP contribution in [0, 0.1) is 11.8 Å². The van der Waals surface area contributed by atoms with Gasteiger partial charge < -0.3 is 0 Å². The van der Waals surface area contributed by atoms with Crippen molar-refractivity contribution in [2.45, 2.75) is 12.3 Å². The average molecular weight is 214 g/mol. The first-order chi connectivity index (χ1) is 5.27. The molecule has 0 unspecified atom stereocenters. The van der Waals surface area contributed by atoms with E-state index in [4.69, 9.17) is 0 Å². The van der Waals surface area contributed by atoms with E-state index in [0.717, 1.165) is 10.9 Å². The number of hydrogen-bond acceptors (Lipinski definition) is 2. The summed E-state index contributed by atoms with van der Waals surface area (Å²) in [6.45, 7) is 2.01. The molecule has 0 spiro atoms. The molecule has 0 aromatic heterocycles. The minimum absolute atomic E-state index is 0.491. The van der Waals surface area contributed by atoms with Gasteiger partial charge in [0.25, 0.3) is 0 Å². The Hall–Kier alpha value is -0.700. The summed E-state index contributed by atoms with van der Waals surface area (Å²) in [7, 11) is 0. The number of benzene rings is 1. The first kappa shape index (κ1) is 8.40. The second kappa shape index (κ2) is 3.62. The molecule has 0 saturated carbocycles. The molecule has 0 N–H and O–H groups in total. The fraction of sp³-hybridized carbons (Fsp3) is 0.250. The zero-order valence-corrected chi connectivity index (χ0v) is 7.76. The third kappa shape index (κ3) is 1.87. The van der Waals surface area contributed by atoms with Gasteiger partial charge in [0.1, 0.15) is 5.69 Å². The third-order valence-corrected chi connectivity index (χ3v) is 2.19. The predicted octanol–water partition coefficient (Wildman–Crippen LogP) is 3.29. The SMILES string of the molecule is Cc1ccc(N=O)cc1CBr. The van der Waals surface area contributed by atoms with Gasteiger partial charge in [0.2, 0.25) is 0 Å². The molecule has 0 aliphatic rings. The maximum Gasteiger partial charge on any atom is 0.108 e. The predicted molar refractivity (Wildman–Crippen MR) is 49.3 cm³/mol. The summed E-state index contributed by atoms with van der Waals surface area (Å²) >= 11 is 3.33. The van der Waals surface area contributed by atoms with Crippen molar-refractivity contribution in [1.29, 1.82) is 0 Å². The van der Waals surface area contributed by atoms with Crippen LogP contribution in [0.3, 0.4) is 0 Å². The van der Waals surface area contributed by atoms with Crippen LogP contribution in [-0.4, -0.2) is 0 Å². The lowest BCUT2D eigenvalue weighted by atomic mass is 10.1. The fourth-order valence-electron chi connectivity index (χ4n) is 0.859. The lowest BCUT2D eigenvalue weighted by Crippen LogP contribution is -1.82. The number of hydrogen-bond donors (Lipinski definition) is 0. The first-order valence-electron chi connectivity index (χ1n) is 3.27. The van der Waals surface area contributed by atoms with Crippen molar-refractivity contribution < 1.29 is 0 Å². The minimum atomic E-state index is 0.491. The highest BCUT2D eigenvalue weighted by molar-refractivity contribution is 9.08. The molecule has 0 radical (unpaired) electrons. The van der Waals surface area contributed by atoms with Crippen LogP contribution < -0.4 is 0 Å². The summed E-state index contributed by atoms with van der Waals surface area (Å²) in [5.41, 5.74) is 2.78. The van der Waals surface area contributed by atoms with Crippen LogP contribution >= 0.6 is 15.9 Å². The van der Waals surface area contributed by atoms with Crippen LogP contribution in [0.4, 0.5) is 5.69 Å². The Bertz CT molecular complexity index is 273. The molecule has 11 heavy (non-hydrogen) atoms. The summed E-state index contributed by atoms with van der Waals surface area (Å²) in [5, 5.41) is 3.62. The van der Waals surface area contributed by atoms with Crippen molar-refractivity contribution >= 4 is 21.6 Å². The molecule has 0 saturated heterocycles. The Morgan fingerprint density at radius 1 is 1.55 bits per heavy atom. The van der Waals surface area contributed by atoms with Gasteiger partial charge in [0.05, 0.1) is 0 Å². The van der Waals surface area contributed by atoms with Crippen LogP contribution in [0.15, 0.2) is 23.4 Å². The number of rotatable bonds is 2. The molecule has 0 aliphatic carbocycles. The van der Waals surface area contributed by atoms with Gasteiger partial charge in [0, 0.05) is 5.33 Å². The lowest BCUT2D eigenvalue weighted by Gasteiger charge is -2.00. The monoisotopic (exact) mass is 213 g/mol. The van der Waals surface area contributed by atoms with Crippen molar-refractivity contribution in [2.24, 2.45) is 5.18 Å². The second-order valence-electron chi connectivity index (χ2n) is 2.34. The number of aryl methyl sites for hydroxylation is 1. The highest BCUT2D eigenvalue weighted by Crippen LogP contribution is 2.19. The van der Waals surface area contributed by atoms with Crippen LogP contribution in [0.1, 0.15) is 11.1 Å². The van der Waals surface area contributed by atoms with E-state index in [0.29, 0.717) is 5.69 Å². The van der Waals surface area contributed by atoms with Crippen LogP contribution in [0.5, 0.6) is 0 Å². The van der Waals surface area contributed by atoms with Crippen molar-refractivity contribution in [3.05, 3.63) is 34.2 Å². The van der Waals surface area contributed by atoms with Crippen molar-refractivity contribution in [2.75, 3.05) is 0 Å². The molecule has 58 valence electrons. The number of nitroso groups, excluding NO2 is 1. The number of alkyl halides is 1. The van der Waals surface area contributed by atoms with Gasteiger partial charge in [-0.15, -0.1) is 4.91 Å². The van der Waals surface area contributed by atoms with Crippen LogP contribution in [0.2, 0.25) is 0 Å². The summed E-state index contributed by atoms with van der Waals surface area (Å²) in [4.78, 5) is 10.1. The smallest absolute Gasteiger partial charge is 0.108 e. The molecule has 1 aromatic rings. The fourth-order valence-corrected chi connectivity index (χ4v) is 1.46. The van der Waals surface area contributed by atoms with Gasteiger partial charge in [-0.25, -0.2) is 0 Å². The maximum absolute atomic E-state index is 10.1. The van der Waals surface area contributed by atoms with E-state index in [1.807, 2.05) is 13.0 Å². The molecule has 1 rings (SSSR count). The van der Waals surface area contributed by atoms with Crippen LogP contribution in [-0.2, 0) is 5.33 Å². The van der Waals surface area contributed by atoms with E-state index in [9.17, 15) is 4.91 Å². The Kier molecular flexibility index (Phi) is 2.76. The van der Waals surface area contributed by atoms with Gasteiger partial charge in [-0.1, -0.05) is 22.0 Å². The Labute approximate surface area is 73.7 Å². The van der Waals surface area contributed by atoms with E-state index in [1.165, 1.54) is 5.56 Å². The van der Waals surface area contributed by atoms with Gasteiger partial charge in [-0.2, -0.15) is 0 Å². The van der Waals surface area contributed by atoms with E-state index in [-0.39, 0.29) is 0 Å².